The molecule has 2 nitrogen and oxygen atoms in total. The second-order valence-electron chi connectivity index (χ2n) is 4.07. The Morgan fingerprint density at radius 2 is 2.06 bits per heavy atom. The number of pyridine rings is 1. The summed E-state index contributed by atoms with van der Waals surface area (Å²) in [7, 11) is 0. The third kappa shape index (κ3) is 2.13. The molecule has 0 amide bonds. The van der Waals surface area contributed by atoms with Gasteiger partial charge in [-0.3, -0.25) is 0 Å². The molecule has 0 saturated carbocycles. The van der Waals surface area contributed by atoms with Crippen LogP contribution in [0.3, 0.4) is 0 Å². The number of anilines is 1. The number of rotatable bonds is 4. The molecule has 3 aromatic rings. The lowest BCUT2D eigenvalue weighted by molar-refractivity contribution is 1.07. The summed E-state index contributed by atoms with van der Waals surface area (Å²) in [4.78, 5) is 5.84. The molecule has 92 valence electrons. The molecule has 3 rings (SSSR count). The molecule has 0 aromatic carbocycles. The summed E-state index contributed by atoms with van der Waals surface area (Å²) >= 11 is 3.57. The van der Waals surface area contributed by atoms with Crippen molar-refractivity contribution in [1.29, 1.82) is 0 Å². The van der Waals surface area contributed by atoms with E-state index >= 15 is 0 Å². The van der Waals surface area contributed by atoms with Gasteiger partial charge in [-0.2, -0.15) is 0 Å². The minimum Gasteiger partial charge on any atom is -0.365 e. The van der Waals surface area contributed by atoms with Gasteiger partial charge in [0.25, 0.3) is 0 Å². The second kappa shape index (κ2) is 5.08. The van der Waals surface area contributed by atoms with Crippen LogP contribution in [0.1, 0.15) is 17.4 Å². The summed E-state index contributed by atoms with van der Waals surface area (Å²) in [6, 6.07) is 6.40. The molecule has 1 N–H and O–H groups in total. The number of fused-ring (bicyclic) bond motifs is 1. The van der Waals surface area contributed by atoms with Crippen LogP contribution in [0.15, 0.2) is 35.2 Å². The summed E-state index contributed by atoms with van der Waals surface area (Å²) in [6.45, 7) is 3.06. The first-order chi connectivity index (χ1) is 8.88. The zero-order chi connectivity index (χ0) is 12.4. The number of nitrogens with zero attached hydrogens (tertiary/aromatic N) is 1. The fraction of sp³-hybridized carbons (Fsp3) is 0.214. The van der Waals surface area contributed by atoms with Crippen molar-refractivity contribution in [1.82, 2.24) is 4.98 Å². The van der Waals surface area contributed by atoms with Crippen molar-refractivity contribution in [2.75, 3.05) is 5.32 Å². The fourth-order valence-electron chi connectivity index (χ4n) is 2.04. The van der Waals surface area contributed by atoms with Gasteiger partial charge in [0.15, 0.2) is 0 Å². The highest BCUT2D eigenvalue weighted by molar-refractivity contribution is 7.17. The first-order valence-electron chi connectivity index (χ1n) is 6.00. The summed E-state index contributed by atoms with van der Waals surface area (Å²) < 4.78 is 1.29. The smallest absolute Gasteiger partial charge is 0.134 e. The highest BCUT2D eigenvalue weighted by Crippen LogP contribution is 2.27. The molecule has 3 aromatic heterocycles. The number of hydrogen-bond donors (Lipinski definition) is 1. The zero-order valence-electron chi connectivity index (χ0n) is 10.1. The Kier molecular flexibility index (Phi) is 3.30. The third-order valence-corrected chi connectivity index (χ3v) is 4.86. The van der Waals surface area contributed by atoms with Crippen molar-refractivity contribution in [2.24, 2.45) is 0 Å². The molecule has 4 heteroatoms. The molecule has 0 aliphatic rings. The maximum atomic E-state index is 4.43. The maximum absolute atomic E-state index is 4.43. The summed E-state index contributed by atoms with van der Waals surface area (Å²) in [5, 5.41) is 8.95. The Morgan fingerprint density at radius 3 is 2.94 bits per heavy atom. The van der Waals surface area contributed by atoms with Gasteiger partial charge in [0.2, 0.25) is 0 Å². The van der Waals surface area contributed by atoms with Crippen LogP contribution in [0.5, 0.6) is 0 Å². The van der Waals surface area contributed by atoms with E-state index < -0.39 is 0 Å². The molecule has 0 fully saturated rings. The van der Waals surface area contributed by atoms with E-state index in [-0.39, 0.29) is 0 Å². The van der Waals surface area contributed by atoms with Crippen molar-refractivity contribution in [3.05, 3.63) is 45.6 Å². The minimum absolute atomic E-state index is 0.864. The van der Waals surface area contributed by atoms with Crippen molar-refractivity contribution in [3.63, 3.8) is 0 Å². The average Bonchev–Trinajstić information content (AvgIpc) is 3.04. The van der Waals surface area contributed by atoms with Crippen LogP contribution in [0.4, 0.5) is 5.82 Å². The molecular formula is C14H14N2S2. The van der Waals surface area contributed by atoms with E-state index in [0.29, 0.717) is 0 Å². The van der Waals surface area contributed by atoms with Crippen LogP contribution in [-0.2, 0) is 13.0 Å². The van der Waals surface area contributed by atoms with Crippen LogP contribution in [-0.4, -0.2) is 4.98 Å². The SMILES string of the molecule is CCc1ccsc1CNc1nccc2sccc12. The van der Waals surface area contributed by atoms with E-state index in [1.54, 1.807) is 11.3 Å². The van der Waals surface area contributed by atoms with E-state index in [9.17, 15) is 0 Å². The molecule has 0 unspecified atom stereocenters. The predicted octanol–water partition coefficient (Wildman–Crippen LogP) is 4.53. The van der Waals surface area contributed by atoms with Crippen molar-refractivity contribution in [3.8, 4) is 0 Å². The van der Waals surface area contributed by atoms with Gasteiger partial charge in [-0.1, -0.05) is 6.92 Å². The Hall–Kier alpha value is -1.39. The first kappa shape index (κ1) is 11.7. The quantitative estimate of drug-likeness (QED) is 0.756. The molecule has 0 atom stereocenters. The lowest BCUT2D eigenvalue weighted by Gasteiger charge is -2.06. The fourth-order valence-corrected chi connectivity index (χ4v) is 3.73. The zero-order valence-corrected chi connectivity index (χ0v) is 11.8. The van der Waals surface area contributed by atoms with E-state index in [4.69, 9.17) is 0 Å². The summed E-state index contributed by atoms with van der Waals surface area (Å²) in [6.07, 6.45) is 2.97. The number of thiophene rings is 2. The van der Waals surface area contributed by atoms with Crippen LogP contribution in [0, 0.1) is 0 Å². The largest absolute Gasteiger partial charge is 0.365 e. The Morgan fingerprint density at radius 1 is 1.17 bits per heavy atom. The maximum Gasteiger partial charge on any atom is 0.134 e. The molecule has 0 aliphatic carbocycles. The number of aryl methyl sites for hydroxylation is 1. The van der Waals surface area contributed by atoms with Gasteiger partial charge in [0.05, 0.1) is 6.54 Å². The number of aromatic nitrogens is 1. The van der Waals surface area contributed by atoms with Crippen molar-refractivity contribution in [2.45, 2.75) is 19.9 Å². The van der Waals surface area contributed by atoms with Crippen molar-refractivity contribution >= 4 is 38.6 Å². The summed E-state index contributed by atoms with van der Waals surface area (Å²) in [5.74, 6) is 0.990. The van der Waals surface area contributed by atoms with Gasteiger partial charge in [0.1, 0.15) is 5.82 Å². The molecule has 0 saturated heterocycles. The van der Waals surface area contributed by atoms with Gasteiger partial charge in [0, 0.05) is 21.2 Å². The van der Waals surface area contributed by atoms with Crippen LogP contribution < -0.4 is 5.32 Å². The first-order valence-corrected chi connectivity index (χ1v) is 7.75. The molecule has 3 heterocycles. The van der Waals surface area contributed by atoms with Gasteiger partial charge >= 0.3 is 0 Å². The molecule has 0 bridgehead atoms. The highest BCUT2D eigenvalue weighted by Gasteiger charge is 2.05. The normalized spacial score (nSPS) is 10.9. The monoisotopic (exact) mass is 274 g/mol. The number of hydrogen-bond acceptors (Lipinski definition) is 4. The standard InChI is InChI=1S/C14H14N2S2/c1-2-10-4-7-18-13(10)9-16-14-11-5-8-17-12(11)3-6-15-14/h3-8H,2,9H2,1H3,(H,15,16). The van der Waals surface area contributed by atoms with Crippen LogP contribution >= 0.6 is 22.7 Å². The average molecular weight is 274 g/mol. The van der Waals surface area contributed by atoms with Gasteiger partial charge in [-0.25, -0.2) is 4.98 Å². The molecular weight excluding hydrogens is 260 g/mol. The predicted molar refractivity (Wildman–Crippen MR) is 80.6 cm³/mol. The van der Waals surface area contributed by atoms with E-state index in [0.717, 1.165) is 18.8 Å². The molecule has 18 heavy (non-hydrogen) atoms. The Balaban J connectivity index is 1.83. The molecule has 0 radical (unpaired) electrons. The Bertz CT molecular complexity index is 654. The summed E-state index contributed by atoms with van der Waals surface area (Å²) in [5.41, 5.74) is 1.44. The van der Waals surface area contributed by atoms with Crippen LogP contribution in [0.2, 0.25) is 0 Å². The minimum atomic E-state index is 0.864. The van der Waals surface area contributed by atoms with E-state index in [1.807, 2.05) is 17.5 Å². The van der Waals surface area contributed by atoms with Gasteiger partial charge in [-0.05, 0) is 40.9 Å². The lowest BCUT2D eigenvalue weighted by atomic mass is 10.2. The second-order valence-corrected chi connectivity index (χ2v) is 6.02. The van der Waals surface area contributed by atoms with Crippen LogP contribution in [0.25, 0.3) is 10.1 Å². The third-order valence-electron chi connectivity index (χ3n) is 3.01. The van der Waals surface area contributed by atoms with Crippen molar-refractivity contribution < 1.29 is 0 Å². The van der Waals surface area contributed by atoms with E-state index in [1.165, 1.54) is 20.5 Å². The number of nitrogens with one attached hydrogen (secondary N) is 1. The lowest BCUT2D eigenvalue weighted by Crippen LogP contribution is -2.01. The van der Waals surface area contributed by atoms with Gasteiger partial charge < -0.3 is 5.32 Å². The van der Waals surface area contributed by atoms with Gasteiger partial charge in [-0.15, -0.1) is 22.7 Å². The molecule has 0 spiro atoms. The highest BCUT2D eigenvalue weighted by atomic mass is 32.1. The molecule has 0 aliphatic heterocycles. The van der Waals surface area contributed by atoms with E-state index in [2.05, 4.69) is 46.2 Å². The topological polar surface area (TPSA) is 24.9 Å². The Labute approximate surface area is 114 Å².